The van der Waals surface area contributed by atoms with Crippen molar-refractivity contribution in [2.75, 3.05) is 13.2 Å². The van der Waals surface area contributed by atoms with Crippen LogP contribution in [0.4, 0.5) is 0 Å². The van der Waals surface area contributed by atoms with E-state index in [1.807, 2.05) is 13.8 Å². The van der Waals surface area contributed by atoms with Crippen molar-refractivity contribution in [3.05, 3.63) is 0 Å². The highest BCUT2D eigenvalue weighted by Crippen LogP contribution is 2.37. The van der Waals surface area contributed by atoms with Gasteiger partial charge in [-0.05, 0) is 26.7 Å². The van der Waals surface area contributed by atoms with Gasteiger partial charge in [0, 0.05) is 19.6 Å². The standard InChI is InChI=1S/C10H19BrO2/c1-3-12-10(13-4-2)8-6-5-7-9(10)11/h9H,3-8H2,1-2H3. The molecule has 0 N–H and O–H groups in total. The van der Waals surface area contributed by atoms with Crippen LogP contribution in [-0.2, 0) is 9.47 Å². The third-order valence-electron chi connectivity index (χ3n) is 2.49. The summed E-state index contributed by atoms with van der Waals surface area (Å²) in [4.78, 5) is 0.355. The second kappa shape index (κ2) is 5.32. The molecule has 13 heavy (non-hydrogen) atoms. The zero-order chi connectivity index (χ0) is 9.73. The summed E-state index contributed by atoms with van der Waals surface area (Å²) in [6, 6.07) is 0. The first kappa shape index (κ1) is 11.5. The molecule has 1 rings (SSSR count). The SMILES string of the molecule is CCOC1(OCC)CCCCC1Br. The Bertz CT molecular complexity index is 138. The van der Waals surface area contributed by atoms with Crippen molar-refractivity contribution in [3.8, 4) is 0 Å². The molecule has 0 radical (unpaired) electrons. The molecular formula is C10H19BrO2. The fraction of sp³-hybridized carbons (Fsp3) is 1.00. The van der Waals surface area contributed by atoms with Crippen LogP contribution in [0.3, 0.4) is 0 Å². The van der Waals surface area contributed by atoms with Gasteiger partial charge in [-0.2, -0.15) is 0 Å². The second-order valence-corrected chi connectivity index (χ2v) is 4.50. The van der Waals surface area contributed by atoms with Crippen molar-refractivity contribution in [2.24, 2.45) is 0 Å². The quantitative estimate of drug-likeness (QED) is 0.564. The number of ether oxygens (including phenoxy) is 2. The molecule has 0 heterocycles. The van der Waals surface area contributed by atoms with Gasteiger partial charge in [-0.25, -0.2) is 0 Å². The zero-order valence-electron chi connectivity index (χ0n) is 8.51. The van der Waals surface area contributed by atoms with Crippen LogP contribution in [0.2, 0.25) is 0 Å². The minimum atomic E-state index is -0.345. The Balaban J connectivity index is 2.61. The molecule has 1 aliphatic rings. The highest BCUT2D eigenvalue weighted by Gasteiger charge is 2.40. The Morgan fingerprint density at radius 1 is 1.23 bits per heavy atom. The van der Waals surface area contributed by atoms with Crippen LogP contribution in [0, 0.1) is 0 Å². The van der Waals surface area contributed by atoms with Crippen molar-refractivity contribution in [1.29, 1.82) is 0 Å². The molecule has 1 atom stereocenters. The van der Waals surface area contributed by atoms with Gasteiger partial charge in [0.15, 0.2) is 5.79 Å². The molecule has 0 saturated heterocycles. The molecular weight excluding hydrogens is 232 g/mol. The minimum absolute atomic E-state index is 0.345. The number of rotatable bonds is 4. The predicted octanol–water partition coefficient (Wildman–Crippen LogP) is 3.09. The topological polar surface area (TPSA) is 18.5 Å². The lowest BCUT2D eigenvalue weighted by atomic mass is 9.94. The van der Waals surface area contributed by atoms with E-state index in [1.165, 1.54) is 12.8 Å². The van der Waals surface area contributed by atoms with E-state index in [2.05, 4.69) is 15.9 Å². The van der Waals surface area contributed by atoms with Crippen LogP contribution in [-0.4, -0.2) is 23.8 Å². The van der Waals surface area contributed by atoms with Crippen molar-refractivity contribution >= 4 is 15.9 Å². The van der Waals surface area contributed by atoms with Crippen LogP contribution >= 0.6 is 15.9 Å². The summed E-state index contributed by atoms with van der Waals surface area (Å²) in [5.74, 6) is -0.345. The third-order valence-corrected chi connectivity index (χ3v) is 3.64. The van der Waals surface area contributed by atoms with E-state index in [9.17, 15) is 0 Å². The summed E-state index contributed by atoms with van der Waals surface area (Å²) in [7, 11) is 0. The molecule has 1 fully saturated rings. The molecule has 2 nitrogen and oxygen atoms in total. The fourth-order valence-corrected chi connectivity index (χ4v) is 2.74. The molecule has 0 aromatic carbocycles. The third kappa shape index (κ3) is 2.67. The molecule has 0 aromatic heterocycles. The van der Waals surface area contributed by atoms with Crippen LogP contribution < -0.4 is 0 Å². The summed E-state index contributed by atoms with van der Waals surface area (Å²) >= 11 is 3.66. The Morgan fingerprint density at radius 2 is 1.85 bits per heavy atom. The van der Waals surface area contributed by atoms with Gasteiger partial charge in [0.1, 0.15) is 0 Å². The summed E-state index contributed by atoms with van der Waals surface area (Å²) in [6.45, 7) is 5.49. The van der Waals surface area contributed by atoms with E-state index in [0.29, 0.717) is 4.83 Å². The minimum Gasteiger partial charge on any atom is -0.349 e. The average molecular weight is 251 g/mol. The van der Waals surface area contributed by atoms with Gasteiger partial charge in [0.25, 0.3) is 0 Å². The lowest BCUT2D eigenvalue weighted by Gasteiger charge is -2.40. The second-order valence-electron chi connectivity index (χ2n) is 3.39. The molecule has 0 aromatic rings. The van der Waals surface area contributed by atoms with Crippen molar-refractivity contribution in [3.63, 3.8) is 0 Å². The fourth-order valence-electron chi connectivity index (χ4n) is 1.93. The lowest BCUT2D eigenvalue weighted by molar-refractivity contribution is -0.242. The Kier molecular flexibility index (Phi) is 4.70. The molecule has 0 bridgehead atoms. The van der Waals surface area contributed by atoms with E-state index in [1.54, 1.807) is 0 Å². The molecule has 1 unspecified atom stereocenters. The first-order valence-corrected chi connectivity index (χ1v) is 6.08. The van der Waals surface area contributed by atoms with Crippen LogP contribution in [0.5, 0.6) is 0 Å². The molecule has 1 aliphatic carbocycles. The first-order chi connectivity index (χ1) is 6.25. The molecule has 3 heteroatoms. The Labute approximate surface area is 89.1 Å². The van der Waals surface area contributed by atoms with Crippen LogP contribution in [0.25, 0.3) is 0 Å². The average Bonchev–Trinajstić information content (AvgIpc) is 2.11. The van der Waals surface area contributed by atoms with Crippen LogP contribution in [0.1, 0.15) is 39.5 Å². The number of hydrogen-bond donors (Lipinski definition) is 0. The van der Waals surface area contributed by atoms with Crippen molar-refractivity contribution in [2.45, 2.75) is 50.1 Å². The van der Waals surface area contributed by atoms with Gasteiger partial charge in [0.2, 0.25) is 0 Å². The van der Waals surface area contributed by atoms with E-state index in [4.69, 9.17) is 9.47 Å². The molecule has 0 spiro atoms. The smallest absolute Gasteiger partial charge is 0.180 e. The molecule has 0 aliphatic heterocycles. The highest BCUT2D eigenvalue weighted by molar-refractivity contribution is 9.09. The van der Waals surface area contributed by atoms with Gasteiger partial charge in [-0.3, -0.25) is 0 Å². The first-order valence-electron chi connectivity index (χ1n) is 5.17. The van der Waals surface area contributed by atoms with Crippen molar-refractivity contribution < 1.29 is 9.47 Å². The van der Waals surface area contributed by atoms with Gasteiger partial charge < -0.3 is 9.47 Å². The van der Waals surface area contributed by atoms with E-state index >= 15 is 0 Å². The predicted molar refractivity (Wildman–Crippen MR) is 57.2 cm³/mol. The van der Waals surface area contributed by atoms with E-state index in [-0.39, 0.29) is 5.79 Å². The van der Waals surface area contributed by atoms with E-state index < -0.39 is 0 Å². The molecule has 0 amide bonds. The van der Waals surface area contributed by atoms with Crippen molar-refractivity contribution in [1.82, 2.24) is 0 Å². The monoisotopic (exact) mass is 250 g/mol. The highest BCUT2D eigenvalue weighted by atomic mass is 79.9. The van der Waals surface area contributed by atoms with Gasteiger partial charge in [-0.15, -0.1) is 0 Å². The Morgan fingerprint density at radius 3 is 2.31 bits per heavy atom. The number of hydrogen-bond acceptors (Lipinski definition) is 2. The lowest BCUT2D eigenvalue weighted by Crippen LogP contribution is -2.46. The van der Waals surface area contributed by atoms with Gasteiger partial charge in [0.05, 0.1) is 4.83 Å². The maximum Gasteiger partial charge on any atom is 0.180 e. The summed E-state index contributed by atoms with van der Waals surface area (Å²) in [6.07, 6.45) is 4.66. The molecule has 78 valence electrons. The summed E-state index contributed by atoms with van der Waals surface area (Å²) in [5.41, 5.74) is 0. The van der Waals surface area contributed by atoms with Gasteiger partial charge in [-0.1, -0.05) is 22.4 Å². The Hall–Kier alpha value is 0.400. The summed E-state index contributed by atoms with van der Waals surface area (Å²) < 4.78 is 11.5. The van der Waals surface area contributed by atoms with Gasteiger partial charge >= 0.3 is 0 Å². The van der Waals surface area contributed by atoms with E-state index in [0.717, 1.165) is 26.1 Å². The normalized spacial score (nSPS) is 27.5. The molecule has 1 saturated carbocycles. The number of alkyl halides is 1. The van der Waals surface area contributed by atoms with Crippen LogP contribution in [0.15, 0.2) is 0 Å². The maximum absolute atomic E-state index is 5.75. The zero-order valence-corrected chi connectivity index (χ0v) is 10.1. The number of halogens is 1. The summed E-state index contributed by atoms with van der Waals surface area (Å²) in [5, 5.41) is 0. The largest absolute Gasteiger partial charge is 0.349 e. The maximum atomic E-state index is 5.75.